The van der Waals surface area contributed by atoms with Gasteiger partial charge in [0.15, 0.2) is 5.69 Å². The standard InChI is InChI=1S/C11H12N4O2/c1-3-17-11(16)10-8(2)7-15(14-10)9-4-5-12-13-6-9/h4-7H,3H2,1-2H3. The SMILES string of the molecule is CCOC(=O)c1nn(-c2ccnnc2)cc1C. The number of esters is 1. The van der Waals surface area contributed by atoms with Crippen LogP contribution in [0.1, 0.15) is 23.0 Å². The highest BCUT2D eigenvalue weighted by atomic mass is 16.5. The lowest BCUT2D eigenvalue weighted by atomic mass is 10.3. The lowest BCUT2D eigenvalue weighted by Gasteiger charge is -1.99. The first-order valence-electron chi connectivity index (χ1n) is 5.23. The van der Waals surface area contributed by atoms with Crippen LogP contribution in [0.4, 0.5) is 0 Å². The number of carbonyl (C=O) groups is 1. The van der Waals surface area contributed by atoms with Gasteiger partial charge in [0, 0.05) is 11.8 Å². The van der Waals surface area contributed by atoms with Crippen molar-refractivity contribution < 1.29 is 9.53 Å². The van der Waals surface area contributed by atoms with Gasteiger partial charge < -0.3 is 4.74 Å². The molecule has 2 heterocycles. The van der Waals surface area contributed by atoms with Gasteiger partial charge in [0.2, 0.25) is 0 Å². The Labute approximate surface area is 98.2 Å². The fourth-order valence-electron chi connectivity index (χ4n) is 1.41. The van der Waals surface area contributed by atoms with E-state index in [2.05, 4.69) is 15.3 Å². The average molecular weight is 232 g/mol. The summed E-state index contributed by atoms with van der Waals surface area (Å²) < 4.78 is 6.49. The maximum Gasteiger partial charge on any atom is 0.359 e. The van der Waals surface area contributed by atoms with Crippen molar-refractivity contribution in [2.75, 3.05) is 6.61 Å². The van der Waals surface area contributed by atoms with Crippen LogP contribution < -0.4 is 0 Å². The third kappa shape index (κ3) is 2.30. The Balaban J connectivity index is 2.34. The molecule has 17 heavy (non-hydrogen) atoms. The second kappa shape index (κ2) is 4.73. The first-order valence-corrected chi connectivity index (χ1v) is 5.23. The fourth-order valence-corrected chi connectivity index (χ4v) is 1.41. The summed E-state index contributed by atoms with van der Waals surface area (Å²) in [6, 6.07) is 1.76. The third-order valence-electron chi connectivity index (χ3n) is 2.20. The molecule has 0 radical (unpaired) electrons. The molecule has 2 aromatic heterocycles. The molecule has 0 aliphatic rings. The fraction of sp³-hybridized carbons (Fsp3) is 0.273. The van der Waals surface area contributed by atoms with Crippen LogP contribution in [0.3, 0.4) is 0 Å². The van der Waals surface area contributed by atoms with Gasteiger partial charge in [-0.25, -0.2) is 9.48 Å². The van der Waals surface area contributed by atoms with Crippen LogP contribution in [0.2, 0.25) is 0 Å². The van der Waals surface area contributed by atoms with Gasteiger partial charge in [0.25, 0.3) is 0 Å². The second-order valence-corrected chi connectivity index (χ2v) is 3.43. The molecule has 0 amide bonds. The largest absolute Gasteiger partial charge is 0.461 e. The van der Waals surface area contributed by atoms with Crippen LogP contribution in [0.15, 0.2) is 24.7 Å². The summed E-state index contributed by atoms with van der Waals surface area (Å²) in [6.45, 7) is 3.91. The Hall–Kier alpha value is -2.24. The number of ether oxygens (including phenoxy) is 1. The van der Waals surface area contributed by atoms with Crippen LogP contribution in [-0.2, 0) is 4.74 Å². The zero-order chi connectivity index (χ0) is 12.3. The molecule has 0 saturated heterocycles. The number of aromatic nitrogens is 4. The van der Waals surface area contributed by atoms with E-state index in [1.54, 1.807) is 36.3 Å². The quantitative estimate of drug-likeness (QED) is 0.742. The molecule has 0 N–H and O–H groups in total. The molecule has 0 spiro atoms. The van der Waals surface area contributed by atoms with Crippen LogP contribution in [-0.4, -0.2) is 32.6 Å². The lowest BCUT2D eigenvalue weighted by molar-refractivity contribution is 0.0518. The number of nitrogens with zero attached hydrogens (tertiary/aromatic N) is 4. The molecule has 0 saturated carbocycles. The first kappa shape index (κ1) is 11.3. The predicted molar refractivity (Wildman–Crippen MR) is 59.8 cm³/mol. The Kier molecular flexibility index (Phi) is 3.13. The van der Waals surface area contributed by atoms with Crippen molar-refractivity contribution in [3.05, 3.63) is 35.9 Å². The molecule has 88 valence electrons. The molecule has 2 rings (SSSR count). The van der Waals surface area contributed by atoms with Gasteiger partial charge in [0.05, 0.1) is 24.7 Å². The zero-order valence-corrected chi connectivity index (χ0v) is 9.62. The number of aryl methyl sites for hydroxylation is 1. The Morgan fingerprint density at radius 3 is 2.94 bits per heavy atom. The number of hydrogen-bond acceptors (Lipinski definition) is 5. The summed E-state index contributed by atoms with van der Waals surface area (Å²) in [7, 11) is 0. The normalized spacial score (nSPS) is 10.2. The van der Waals surface area contributed by atoms with Gasteiger partial charge in [-0.2, -0.15) is 15.3 Å². The van der Waals surface area contributed by atoms with E-state index < -0.39 is 5.97 Å². The zero-order valence-electron chi connectivity index (χ0n) is 9.62. The van der Waals surface area contributed by atoms with E-state index in [0.29, 0.717) is 12.3 Å². The minimum absolute atomic E-state index is 0.323. The molecule has 0 bridgehead atoms. The number of hydrogen-bond donors (Lipinski definition) is 0. The van der Waals surface area contributed by atoms with E-state index in [-0.39, 0.29) is 0 Å². The monoisotopic (exact) mass is 232 g/mol. The van der Waals surface area contributed by atoms with Crippen molar-refractivity contribution in [1.29, 1.82) is 0 Å². The van der Waals surface area contributed by atoms with E-state index in [0.717, 1.165) is 11.3 Å². The molecule has 6 heteroatoms. The van der Waals surface area contributed by atoms with Gasteiger partial charge in [0.1, 0.15) is 0 Å². The smallest absolute Gasteiger partial charge is 0.359 e. The minimum atomic E-state index is -0.411. The average Bonchev–Trinajstić information content (AvgIpc) is 2.73. The summed E-state index contributed by atoms with van der Waals surface area (Å²) in [6.07, 6.45) is 4.89. The molecular weight excluding hydrogens is 220 g/mol. The molecule has 2 aromatic rings. The molecule has 0 aliphatic heterocycles. The lowest BCUT2D eigenvalue weighted by Crippen LogP contribution is -2.07. The second-order valence-electron chi connectivity index (χ2n) is 3.43. The van der Waals surface area contributed by atoms with E-state index in [9.17, 15) is 4.79 Å². The molecule has 0 aliphatic carbocycles. The van der Waals surface area contributed by atoms with Crippen molar-refractivity contribution in [2.24, 2.45) is 0 Å². The van der Waals surface area contributed by atoms with Gasteiger partial charge in [-0.15, -0.1) is 0 Å². The van der Waals surface area contributed by atoms with Crippen molar-refractivity contribution in [2.45, 2.75) is 13.8 Å². The number of carbonyl (C=O) groups excluding carboxylic acids is 1. The van der Waals surface area contributed by atoms with E-state index in [1.165, 1.54) is 0 Å². The van der Waals surface area contributed by atoms with Crippen LogP contribution in [0.5, 0.6) is 0 Å². The third-order valence-corrected chi connectivity index (χ3v) is 2.20. The van der Waals surface area contributed by atoms with Crippen LogP contribution >= 0.6 is 0 Å². The van der Waals surface area contributed by atoms with Crippen molar-refractivity contribution in [3.8, 4) is 5.69 Å². The summed E-state index contributed by atoms with van der Waals surface area (Å²) in [4.78, 5) is 11.6. The van der Waals surface area contributed by atoms with E-state index in [4.69, 9.17) is 4.74 Å². The Bertz CT molecular complexity index is 522. The van der Waals surface area contributed by atoms with Gasteiger partial charge >= 0.3 is 5.97 Å². The topological polar surface area (TPSA) is 69.9 Å². The highest BCUT2D eigenvalue weighted by Gasteiger charge is 2.15. The Morgan fingerprint density at radius 2 is 2.29 bits per heavy atom. The molecule has 0 atom stereocenters. The summed E-state index contributed by atoms with van der Waals surface area (Å²) in [5.41, 5.74) is 1.84. The minimum Gasteiger partial charge on any atom is -0.461 e. The predicted octanol–water partition coefficient (Wildman–Crippen LogP) is 1.15. The molecule has 0 aromatic carbocycles. The summed E-state index contributed by atoms with van der Waals surface area (Å²) in [5.74, 6) is -0.411. The highest BCUT2D eigenvalue weighted by Crippen LogP contribution is 2.11. The molecular formula is C11H12N4O2. The molecule has 0 unspecified atom stereocenters. The maximum atomic E-state index is 11.6. The molecule has 0 fully saturated rings. The molecule has 6 nitrogen and oxygen atoms in total. The van der Waals surface area contributed by atoms with Gasteiger partial charge in [-0.1, -0.05) is 0 Å². The summed E-state index contributed by atoms with van der Waals surface area (Å²) >= 11 is 0. The Morgan fingerprint density at radius 1 is 1.47 bits per heavy atom. The number of rotatable bonds is 3. The van der Waals surface area contributed by atoms with Gasteiger partial charge in [-0.05, 0) is 19.9 Å². The van der Waals surface area contributed by atoms with Crippen LogP contribution in [0.25, 0.3) is 5.69 Å². The summed E-state index contributed by atoms with van der Waals surface area (Å²) in [5, 5.41) is 11.6. The first-order chi connectivity index (χ1) is 8.22. The van der Waals surface area contributed by atoms with Crippen LogP contribution in [0, 0.1) is 6.92 Å². The van der Waals surface area contributed by atoms with E-state index in [1.807, 2.05) is 6.92 Å². The van der Waals surface area contributed by atoms with Gasteiger partial charge in [-0.3, -0.25) is 0 Å². The van der Waals surface area contributed by atoms with Crippen molar-refractivity contribution >= 4 is 5.97 Å². The van der Waals surface area contributed by atoms with Crippen molar-refractivity contribution in [1.82, 2.24) is 20.0 Å². The van der Waals surface area contributed by atoms with E-state index >= 15 is 0 Å². The maximum absolute atomic E-state index is 11.6. The highest BCUT2D eigenvalue weighted by molar-refractivity contribution is 5.88. The van der Waals surface area contributed by atoms with Crippen molar-refractivity contribution in [3.63, 3.8) is 0 Å².